The monoisotopic (exact) mass is 1670 g/mol. The number of methoxy groups -OCH3 is 8. The SMILES string of the molecule is C.CC1(C)OCC(COS(C)(=O)=O)O1.COCOc1cc2c(cc1OCOC)C(=O)C(c1coc3cc(OCOC)c(OCOC)c(C(=O)OCC4COC(C)(C)O4)c3c1=O)=CC2.COCOc1cc2c(cc1OCOC)C(=O)C(c1coc3cc(OCOC)c(OCOC)c(C(=O)[O-])c3c1=O)=CC2.[W]. The van der Waals surface area contributed by atoms with Gasteiger partial charge in [-0.3, -0.25) is 23.4 Å². The van der Waals surface area contributed by atoms with Gasteiger partial charge in [-0.25, -0.2) is 4.79 Å². The number of aromatic carboxylic acids is 1. The van der Waals surface area contributed by atoms with E-state index in [2.05, 4.69) is 4.18 Å². The Morgan fingerprint density at radius 3 is 1.18 bits per heavy atom. The van der Waals surface area contributed by atoms with Gasteiger partial charge in [-0.1, -0.05) is 19.6 Å². The van der Waals surface area contributed by atoms with Crippen molar-refractivity contribution in [3.8, 4) is 46.0 Å². The molecule has 2 aliphatic carbocycles. The first-order valence-electron chi connectivity index (χ1n) is 31.2. The first-order chi connectivity index (χ1) is 49.3. The molecule has 0 saturated carbocycles. The second-order valence-electron chi connectivity index (χ2n) is 23.3. The summed E-state index contributed by atoms with van der Waals surface area (Å²) < 4.78 is 150. The maximum Gasteiger partial charge on any atom is 0.343 e. The van der Waals surface area contributed by atoms with E-state index in [0.717, 1.165) is 18.8 Å². The number of hydrogen-bond acceptors (Lipinski definition) is 33. The normalized spacial score (nSPS) is 16.1. The van der Waals surface area contributed by atoms with Gasteiger partial charge < -0.3 is 118 Å². The standard InChI is InChI=1S/C34H38O15.C28H28O13.C7H14O5S.CH4.W/c1-34(2)48-13-20(49-34)12-43-33(37)29-28-26(11-27(46-17-40-5)32(29)47-18-41-6)42-14-23(31(28)36)21-8-7-19-9-24(44-15-38-3)25(45-16-39-4)10-22(19)30(21)35;1-33-11-38-19-7-15-5-6-16(25(29)17(15)8-20(19)39-12-34-2)18-10-37-21-9-22(40-13-35-3)27(41-14-36-4)24(28(31)32)23(21)26(18)30;1-7(2)10-4-6(12-7)5-11-13(3,8)9;;/h8-11,14,20H,7,12-13,15-18H2,1-6H3;6-10H,5,11-14H2,1-4H3,(H,31,32);6H,4-5H2,1-3H3;1H4;/p-1. The van der Waals surface area contributed by atoms with Crippen LogP contribution in [0.4, 0.5) is 0 Å². The fourth-order valence-corrected chi connectivity index (χ4v) is 11.0. The number of fused-ring (bicyclic) bond motifs is 4. The first kappa shape index (κ1) is 85.5. The van der Waals surface area contributed by atoms with Crippen molar-refractivity contribution in [2.24, 2.45) is 0 Å². The molecular formula is C70H83O33SW-. The minimum Gasteiger partial charge on any atom is -0.545 e. The molecule has 2 fully saturated rings. The van der Waals surface area contributed by atoms with Crippen LogP contribution in [0.2, 0.25) is 0 Å². The van der Waals surface area contributed by atoms with Crippen LogP contribution in [0.25, 0.3) is 33.1 Å². The fraction of sp³-hybridized carbons (Fsp3) is 0.457. The van der Waals surface area contributed by atoms with Crippen molar-refractivity contribution in [3.63, 3.8) is 0 Å². The minimum atomic E-state index is -3.38. The van der Waals surface area contributed by atoms with Crippen LogP contribution in [0.3, 0.4) is 0 Å². The molecule has 2 aromatic heterocycles. The predicted molar refractivity (Wildman–Crippen MR) is 362 cm³/mol. The molecule has 105 heavy (non-hydrogen) atoms. The Kier molecular flexibility index (Phi) is 32.0. The van der Waals surface area contributed by atoms with E-state index in [4.69, 9.17) is 108 Å². The Balaban J connectivity index is 0.000000279. The number of Topliss-reactive ketones (excluding diaryl/α,β-unsaturated/α-hetero) is 2. The number of allylic oxidation sites excluding steroid dienone is 4. The zero-order valence-electron chi connectivity index (χ0n) is 59.1. The minimum absolute atomic E-state index is 0. The van der Waals surface area contributed by atoms with Gasteiger partial charge in [0.05, 0.1) is 59.5 Å². The van der Waals surface area contributed by atoms with Gasteiger partial charge in [0, 0.05) is 112 Å². The van der Waals surface area contributed by atoms with E-state index >= 15 is 0 Å². The van der Waals surface area contributed by atoms with Crippen LogP contribution < -0.4 is 53.9 Å². The number of carboxylic acid groups (broad SMARTS) is 1. The van der Waals surface area contributed by atoms with E-state index in [0.29, 0.717) is 29.2 Å². The van der Waals surface area contributed by atoms with Gasteiger partial charge in [-0.2, -0.15) is 8.42 Å². The van der Waals surface area contributed by atoms with Crippen molar-refractivity contribution < 1.29 is 166 Å². The van der Waals surface area contributed by atoms with Crippen molar-refractivity contribution in [2.75, 3.05) is 144 Å². The van der Waals surface area contributed by atoms with Gasteiger partial charge in [-0.05, 0) is 75.9 Å². The second-order valence-corrected chi connectivity index (χ2v) is 24.9. The van der Waals surface area contributed by atoms with Crippen LogP contribution in [0.5, 0.6) is 46.0 Å². The fourth-order valence-electron chi connectivity index (χ4n) is 10.6. The average molecular weight is 1670 g/mol. The molecule has 4 heterocycles. The van der Waals surface area contributed by atoms with Gasteiger partial charge in [0.1, 0.15) is 48.1 Å². The molecule has 574 valence electrons. The number of carboxylic acids is 1. The summed E-state index contributed by atoms with van der Waals surface area (Å²) in [5.41, 5.74) is -0.942. The largest absolute Gasteiger partial charge is 0.545 e. The Morgan fingerprint density at radius 1 is 0.486 bits per heavy atom. The molecule has 33 nitrogen and oxygen atoms in total. The molecule has 0 amide bonds. The van der Waals surface area contributed by atoms with E-state index in [1.165, 1.54) is 81.1 Å². The summed E-state index contributed by atoms with van der Waals surface area (Å²) in [5.74, 6) is -4.51. The van der Waals surface area contributed by atoms with Crippen LogP contribution >= 0.6 is 0 Å². The molecule has 35 heteroatoms. The van der Waals surface area contributed by atoms with Gasteiger partial charge in [0.15, 0.2) is 123 Å². The number of esters is 1. The number of hydrogen-bond donors (Lipinski definition) is 0. The molecule has 2 saturated heterocycles. The van der Waals surface area contributed by atoms with Crippen LogP contribution in [-0.4, -0.2) is 200 Å². The Labute approximate surface area is 617 Å². The van der Waals surface area contributed by atoms with Gasteiger partial charge in [0.2, 0.25) is 10.9 Å². The summed E-state index contributed by atoms with van der Waals surface area (Å²) in [6, 6.07) is 8.98. The third-order valence-corrected chi connectivity index (χ3v) is 15.5. The van der Waals surface area contributed by atoms with E-state index in [-0.39, 0.29) is 217 Å². The number of ether oxygens (including phenoxy) is 21. The molecule has 0 radical (unpaired) electrons. The first-order valence-corrected chi connectivity index (χ1v) is 33.0. The quantitative estimate of drug-likeness (QED) is 0.0240. The molecule has 0 N–H and O–H groups in total. The van der Waals surface area contributed by atoms with E-state index < -0.39 is 67.7 Å². The summed E-state index contributed by atoms with van der Waals surface area (Å²) in [6.45, 7) is 5.95. The molecule has 6 aromatic rings. The van der Waals surface area contributed by atoms with Crippen molar-refractivity contribution in [2.45, 2.75) is 71.7 Å². The summed E-state index contributed by atoms with van der Waals surface area (Å²) in [5, 5.41) is 11.7. The number of ketones is 2. The van der Waals surface area contributed by atoms with E-state index in [9.17, 15) is 42.3 Å². The van der Waals surface area contributed by atoms with Gasteiger partial charge in [-0.15, -0.1) is 0 Å². The van der Waals surface area contributed by atoms with Crippen molar-refractivity contribution in [1.29, 1.82) is 0 Å². The van der Waals surface area contributed by atoms with Crippen molar-refractivity contribution >= 4 is 66.7 Å². The summed E-state index contributed by atoms with van der Waals surface area (Å²) in [7, 11) is 7.96. The molecule has 4 aromatic carbocycles. The zero-order valence-corrected chi connectivity index (χ0v) is 62.9. The van der Waals surface area contributed by atoms with Crippen LogP contribution in [0, 0.1) is 0 Å². The predicted octanol–water partition coefficient (Wildman–Crippen LogP) is 6.51. The Hall–Kier alpha value is -8.42. The number of carbonyl (C=O) groups is 4. The topological polar surface area (TPSA) is 389 Å². The third kappa shape index (κ3) is 21.7. The summed E-state index contributed by atoms with van der Waals surface area (Å²) >= 11 is 0. The average Bonchev–Trinajstić information content (AvgIpc) is 1.28. The van der Waals surface area contributed by atoms with E-state index in [1.807, 2.05) is 0 Å². The summed E-state index contributed by atoms with van der Waals surface area (Å²) in [4.78, 5) is 81.9. The summed E-state index contributed by atoms with van der Waals surface area (Å²) in [6.07, 6.45) is 6.07. The zero-order chi connectivity index (χ0) is 74.8. The maximum absolute atomic E-state index is 14.4. The molecule has 10 rings (SSSR count). The van der Waals surface area contributed by atoms with E-state index in [1.54, 1.807) is 52.0 Å². The second kappa shape index (κ2) is 39.3. The third-order valence-electron chi connectivity index (χ3n) is 15.0. The number of rotatable bonds is 33. The van der Waals surface area contributed by atoms with Crippen LogP contribution in [0.15, 0.2) is 79.5 Å². The molecule has 2 unspecified atom stereocenters. The van der Waals surface area contributed by atoms with Crippen molar-refractivity contribution in [1.82, 2.24) is 0 Å². The van der Waals surface area contributed by atoms with Gasteiger partial charge >= 0.3 is 5.97 Å². The maximum atomic E-state index is 14.4. The Morgan fingerprint density at radius 2 is 0.829 bits per heavy atom. The Bertz CT molecular complexity index is 4350. The van der Waals surface area contributed by atoms with Gasteiger partial charge in [0.25, 0.3) is 10.1 Å². The molecule has 4 aliphatic rings. The number of benzene rings is 4. The van der Waals surface area contributed by atoms with Crippen LogP contribution in [0.1, 0.15) is 98.8 Å². The molecular weight excluding hydrogens is 1580 g/mol. The molecule has 2 atom stereocenters. The molecule has 0 spiro atoms. The van der Waals surface area contributed by atoms with Crippen LogP contribution in [-0.2, 0) is 110 Å². The van der Waals surface area contributed by atoms with Crippen molar-refractivity contribution in [3.05, 3.63) is 126 Å². The molecule has 0 bridgehead atoms. The smallest absolute Gasteiger partial charge is 0.343 e. The molecule has 2 aliphatic heterocycles. The number of carbonyl (C=O) groups excluding carboxylic acids is 4.